The van der Waals surface area contributed by atoms with Crippen LogP contribution in [-0.2, 0) is 13.1 Å². The Bertz CT molecular complexity index is 1330. The van der Waals surface area contributed by atoms with Crippen molar-refractivity contribution in [1.29, 1.82) is 0 Å². The van der Waals surface area contributed by atoms with Gasteiger partial charge in [-0.3, -0.25) is 4.98 Å². The van der Waals surface area contributed by atoms with Crippen molar-refractivity contribution in [1.82, 2.24) is 19.5 Å². The van der Waals surface area contributed by atoms with E-state index in [0.29, 0.717) is 18.3 Å². The van der Waals surface area contributed by atoms with Crippen LogP contribution in [-0.4, -0.2) is 19.5 Å². The lowest BCUT2D eigenvalue weighted by Crippen LogP contribution is -2.06. The van der Waals surface area contributed by atoms with Crippen molar-refractivity contribution in [3.8, 4) is 0 Å². The van der Waals surface area contributed by atoms with Crippen molar-refractivity contribution in [2.75, 3.05) is 10.6 Å². The van der Waals surface area contributed by atoms with Gasteiger partial charge in [-0.2, -0.15) is 4.98 Å². The fraction of sp³-hybridized carbons (Fsp3) is 0.0800. The number of nitrogens with one attached hydrogen (secondary N) is 2. The predicted octanol–water partition coefficient (Wildman–Crippen LogP) is 5.99. The zero-order valence-corrected chi connectivity index (χ0v) is 18.8. The average Bonchev–Trinajstić information content (AvgIpc) is 3.22. The third kappa shape index (κ3) is 4.63. The molecule has 7 heteroatoms. The Kier molecular flexibility index (Phi) is 5.81. The van der Waals surface area contributed by atoms with E-state index in [2.05, 4.69) is 101 Å². The summed E-state index contributed by atoms with van der Waals surface area (Å²) < 4.78 is 3.05. The minimum Gasteiger partial charge on any atom is -0.363 e. The zero-order chi connectivity index (χ0) is 21.8. The molecule has 3 aromatic heterocycles. The molecule has 0 aliphatic heterocycles. The van der Waals surface area contributed by atoms with Crippen LogP contribution in [0.2, 0.25) is 0 Å². The van der Waals surface area contributed by atoms with Gasteiger partial charge in [0.15, 0.2) is 0 Å². The summed E-state index contributed by atoms with van der Waals surface area (Å²) in [5, 5.41) is 7.78. The maximum absolute atomic E-state index is 4.61. The number of anilines is 3. The first-order valence-corrected chi connectivity index (χ1v) is 11.1. The van der Waals surface area contributed by atoms with Crippen LogP contribution in [0.3, 0.4) is 0 Å². The van der Waals surface area contributed by atoms with Gasteiger partial charge in [-0.15, -0.1) is 0 Å². The number of rotatable bonds is 7. The highest BCUT2D eigenvalue weighted by atomic mass is 79.9. The fourth-order valence-electron chi connectivity index (χ4n) is 3.55. The highest BCUT2D eigenvalue weighted by Crippen LogP contribution is 2.25. The molecule has 5 aromatic rings. The summed E-state index contributed by atoms with van der Waals surface area (Å²) in [7, 11) is 0. The summed E-state index contributed by atoms with van der Waals surface area (Å²) in [6.07, 6.45) is 5.64. The van der Waals surface area contributed by atoms with Crippen molar-refractivity contribution >= 4 is 44.3 Å². The lowest BCUT2D eigenvalue weighted by atomic mass is 10.2. The first-order chi connectivity index (χ1) is 15.7. The van der Waals surface area contributed by atoms with Crippen molar-refractivity contribution in [2.24, 2.45) is 0 Å². The van der Waals surface area contributed by atoms with Crippen molar-refractivity contribution in [2.45, 2.75) is 13.1 Å². The molecule has 0 aliphatic rings. The fourth-order valence-corrected chi connectivity index (χ4v) is 3.88. The molecule has 2 N–H and O–H groups in total. The Balaban J connectivity index is 1.32. The third-order valence-corrected chi connectivity index (χ3v) is 5.71. The normalized spacial score (nSPS) is 10.9. The van der Waals surface area contributed by atoms with Crippen LogP contribution in [0.1, 0.15) is 11.3 Å². The minimum absolute atomic E-state index is 0.528. The van der Waals surface area contributed by atoms with E-state index in [0.717, 1.165) is 27.8 Å². The molecule has 0 amide bonds. The van der Waals surface area contributed by atoms with Gasteiger partial charge >= 0.3 is 0 Å². The van der Waals surface area contributed by atoms with Crippen LogP contribution in [0.4, 0.5) is 17.5 Å². The van der Waals surface area contributed by atoms with Gasteiger partial charge in [0.05, 0.1) is 16.7 Å². The molecule has 0 radical (unpaired) electrons. The summed E-state index contributed by atoms with van der Waals surface area (Å²) in [6.45, 7) is 1.43. The Labute approximate surface area is 194 Å². The number of aromatic nitrogens is 4. The molecule has 6 nitrogen and oxygen atoms in total. The summed E-state index contributed by atoms with van der Waals surface area (Å²) in [5.74, 6) is 1.24. The maximum Gasteiger partial charge on any atom is 0.229 e. The third-order valence-electron chi connectivity index (χ3n) is 5.13. The number of hydrogen-bond donors (Lipinski definition) is 2. The highest BCUT2D eigenvalue weighted by Gasteiger charge is 2.08. The quantitative estimate of drug-likeness (QED) is 0.296. The van der Waals surface area contributed by atoms with Crippen LogP contribution in [0.15, 0.2) is 95.9 Å². The molecule has 158 valence electrons. The second-order valence-corrected chi connectivity index (χ2v) is 8.25. The number of halogens is 1. The van der Waals surface area contributed by atoms with Crippen LogP contribution in [0, 0.1) is 0 Å². The topological polar surface area (TPSA) is 67.7 Å². The first kappa shape index (κ1) is 20.2. The molecular weight excluding hydrogens is 464 g/mol. The van der Waals surface area contributed by atoms with Gasteiger partial charge in [0.25, 0.3) is 0 Å². The van der Waals surface area contributed by atoms with E-state index in [-0.39, 0.29) is 0 Å². The van der Waals surface area contributed by atoms with Gasteiger partial charge < -0.3 is 15.2 Å². The Morgan fingerprint density at radius 1 is 0.906 bits per heavy atom. The van der Waals surface area contributed by atoms with E-state index in [1.165, 1.54) is 11.1 Å². The monoisotopic (exact) mass is 484 g/mol. The van der Waals surface area contributed by atoms with E-state index in [1.54, 1.807) is 12.4 Å². The van der Waals surface area contributed by atoms with Gasteiger partial charge in [-0.1, -0.05) is 36.4 Å². The molecular formula is C25H21BrN6. The van der Waals surface area contributed by atoms with E-state index in [9.17, 15) is 0 Å². The predicted molar refractivity (Wildman–Crippen MR) is 132 cm³/mol. The Hall–Kier alpha value is -3.71. The Morgan fingerprint density at radius 3 is 2.62 bits per heavy atom. The van der Waals surface area contributed by atoms with Crippen molar-refractivity contribution < 1.29 is 0 Å². The van der Waals surface area contributed by atoms with Gasteiger partial charge in [0.2, 0.25) is 5.95 Å². The van der Waals surface area contributed by atoms with Crippen LogP contribution < -0.4 is 10.6 Å². The van der Waals surface area contributed by atoms with Gasteiger partial charge in [-0.25, -0.2) is 4.98 Å². The molecule has 0 aliphatic carbocycles. The van der Waals surface area contributed by atoms with E-state index >= 15 is 0 Å². The van der Waals surface area contributed by atoms with Crippen LogP contribution >= 0.6 is 15.9 Å². The van der Waals surface area contributed by atoms with E-state index in [4.69, 9.17) is 0 Å². The smallest absolute Gasteiger partial charge is 0.229 e. The lowest BCUT2D eigenvalue weighted by molar-refractivity contribution is 0.837. The molecule has 5 rings (SSSR count). The number of fused-ring (bicyclic) bond motifs is 1. The summed E-state index contributed by atoms with van der Waals surface area (Å²) in [6, 6.07) is 24.7. The number of hydrogen-bond acceptors (Lipinski definition) is 5. The van der Waals surface area contributed by atoms with E-state index < -0.39 is 0 Å². The molecule has 2 aromatic carbocycles. The molecule has 3 heterocycles. The van der Waals surface area contributed by atoms with Gasteiger partial charge in [-0.05, 0) is 57.9 Å². The molecule has 0 spiro atoms. The van der Waals surface area contributed by atoms with Gasteiger partial charge in [0, 0.05) is 41.7 Å². The van der Waals surface area contributed by atoms with Crippen molar-refractivity contribution in [3.63, 3.8) is 0 Å². The summed E-state index contributed by atoms with van der Waals surface area (Å²) in [5.41, 5.74) is 4.35. The first-order valence-electron chi connectivity index (χ1n) is 10.3. The molecule has 0 saturated heterocycles. The van der Waals surface area contributed by atoms with E-state index in [1.807, 2.05) is 24.3 Å². The minimum atomic E-state index is 0.528. The standard InChI is InChI=1S/C25H21BrN6/c26-22-16-29-25(31-24(22)28-15-21-8-4-5-12-27-21)30-20-9-10-23-19(14-20)11-13-32(23)17-18-6-2-1-3-7-18/h1-14,16H,15,17H2,(H2,28,29,30,31). The molecule has 0 bridgehead atoms. The van der Waals surface area contributed by atoms with Crippen LogP contribution in [0.25, 0.3) is 10.9 Å². The maximum atomic E-state index is 4.61. The molecule has 0 atom stereocenters. The highest BCUT2D eigenvalue weighted by molar-refractivity contribution is 9.10. The number of pyridine rings is 1. The summed E-state index contributed by atoms with van der Waals surface area (Å²) >= 11 is 3.51. The molecule has 0 saturated carbocycles. The molecule has 0 fully saturated rings. The lowest BCUT2D eigenvalue weighted by Gasteiger charge is -2.11. The number of nitrogens with zero attached hydrogens (tertiary/aromatic N) is 4. The average molecular weight is 485 g/mol. The largest absolute Gasteiger partial charge is 0.363 e. The van der Waals surface area contributed by atoms with Crippen LogP contribution in [0.5, 0.6) is 0 Å². The SMILES string of the molecule is Brc1cnc(Nc2ccc3c(ccn3Cc3ccccc3)c2)nc1NCc1ccccn1. The molecule has 0 unspecified atom stereocenters. The zero-order valence-electron chi connectivity index (χ0n) is 17.2. The van der Waals surface area contributed by atoms with Gasteiger partial charge in [0.1, 0.15) is 5.82 Å². The number of benzene rings is 2. The Morgan fingerprint density at radius 2 is 1.78 bits per heavy atom. The molecule has 32 heavy (non-hydrogen) atoms. The summed E-state index contributed by atoms with van der Waals surface area (Å²) in [4.78, 5) is 13.3. The second kappa shape index (κ2) is 9.20. The van der Waals surface area contributed by atoms with Crippen molar-refractivity contribution in [3.05, 3.63) is 107 Å². The second-order valence-electron chi connectivity index (χ2n) is 7.39.